The van der Waals surface area contributed by atoms with Crippen LogP contribution in [0, 0.1) is 5.92 Å². The number of nitrogens with zero attached hydrogens (tertiary/aromatic N) is 1. The summed E-state index contributed by atoms with van der Waals surface area (Å²) in [6, 6.07) is 14.7. The lowest BCUT2D eigenvalue weighted by molar-refractivity contribution is 0.216. The second-order valence-corrected chi connectivity index (χ2v) is 7.11. The fraction of sp³-hybridized carbons (Fsp3) is 0.455. The lowest BCUT2D eigenvalue weighted by atomic mass is 9.96. The summed E-state index contributed by atoms with van der Waals surface area (Å²) in [7, 11) is 5.58. The summed E-state index contributed by atoms with van der Waals surface area (Å²) in [5, 5.41) is 3.67. The first kappa shape index (κ1) is 18.7. The third kappa shape index (κ3) is 4.57. The number of hydrogen-bond acceptors (Lipinski definition) is 4. The summed E-state index contributed by atoms with van der Waals surface area (Å²) in [5.74, 6) is 2.32. The van der Waals surface area contributed by atoms with E-state index in [1.807, 2.05) is 6.07 Å². The van der Waals surface area contributed by atoms with Gasteiger partial charge in [-0.05, 0) is 74.3 Å². The summed E-state index contributed by atoms with van der Waals surface area (Å²) >= 11 is 0. The van der Waals surface area contributed by atoms with E-state index in [1.54, 1.807) is 14.2 Å². The van der Waals surface area contributed by atoms with Gasteiger partial charge in [0.2, 0.25) is 0 Å². The molecular weight excluding hydrogens is 324 g/mol. The zero-order valence-electron chi connectivity index (χ0n) is 16.1. The van der Waals surface area contributed by atoms with Gasteiger partial charge in [-0.25, -0.2) is 0 Å². The van der Waals surface area contributed by atoms with Crippen molar-refractivity contribution >= 4 is 0 Å². The third-order valence-corrected chi connectivity index (χ3v) is 5.28. The number of nitrogens with one attached hydrogen (secondary N) is 1. The average molecular weight is 354 g/mol. The lowest BCUT2D eigenvalue weighted by Crippen LogP contribution is -2.34. The molecule has 0 atom stereocenters. The van der Waals surface area contributed by atoms with Crippen LogP contribution in [0.2, 0.25) is 0 Å². The molecule has 1 aliphatic rings. The molecule has 1 fully saturated rings. The minimum atomic E-state index is 0.769. The molecule has 4 heteroatoms. The summed E-state index contributed by atoms with van der Waals surface area (Å²) < 4.78 is 11.0. The van der Waals surface area contributed by atoms with E-state index in [0.717, 1.165) is 30.5 Å². The van der Waals surface area contributed by atoms with E-state index in [-0.39, 0.29) is 0 Å². The predicted octanol–water partition coefficient (Wildman–Crippen LogP) is 3.80. The Hall–Kier alpha value is -2.04. The molecule has 0 saturated carbocycles. The zero-order chi connectivity index (χ0) is 18.4. The van der Waals surface area contributed by atoms with Crippen LogP contribution >= 0.6 is 0 Å². The van der Waals surface area contributed by atoms with Gasteiger partial charge in [0, 0.05) is 6.54 Å². The topological polar surface area (TPSA) is 33.7 Å². The van der Waals surface area contributed by atoms with E-state index in [2.05, 4.69) is 53.7 Å². The number of hydrogen-bond donors (Lipinski definition) is 1. The van der Waals surface area contributed by atoms with Crippen LogP contribution < -0.4 is 14.8 Å². The fourth-order valence-corrected chi connectivity index (χ4v) is 3.63. The number of ether oxygens (including phenoxy) is 2. The maximum atomic E-state index is 5.52. The molecule has 1 saturated heterocycles. The second-order valence-electron chi connectivity index (χ2n) is 7.11. The molecule has 1 heterocycles. The van der Waals surface area contributed by atoms with Crippen LogP contribution in [0.4, 0.5) is 0 Å². The Labute approximate surface area is 157 Å². The molecule has 0 spiro atoms. The van der Waals surface area contributed by atoms with Crippen molar-refractivity contribution in [2.24, 2.45) is 5.92 Å². The largest absolute Gasteiger partial charge is 0.493 e. The van der Waals surface area contributed by atoms with Gasteiger partial charge in [-0.1, -0.05) is 30.3 Å². The predicted molar refractivity (Wildman–Crippen MR) is 107 cm³/mol. The zero-order valence-corrected chi connectivity index (χ0v) is 16.1. The Kier molecular flexibility index (Phi) is 6.53. The van der Waals surface area contributed by atoms with Crippen LogP contribution in [-0.2, 0) is 6.54 Å². The Morgan fingerprint density at radius 1 is 1.00 bits per heavy atom. The molecule has 4 nitrogen and oxygen atoms in total. The Balaban J connectivity index is 1.76. The van der Waals surface area contributed by atoms with E-state index < -0.39 is 0 Å². The van der Waals surface area contributed by atoms with Crippen LogP contribution in [0.25, 0.3) is 11.1 Å². The number of benzene rings is 2. The maximum absolute atomic E-state index is 5.52. The quantitative estimate of drug-likeness (QED) is 0.820. The molecule has 2 aromatic rings. The van der Waals surface area contributed by atoms with Crippen LogP contribution in [0.1, 0.15) is 18.4 Å². The molecule has 0 unspecified atom stereocenters. The number of likely N-dealkylation sites (tertiary alicyclic amines) is 1. The molecule has 1 N–H and O–H groups in total. The van der Waals surface area contributed by atoms with Crippen molar-refractivity contribution in [1.82, 2.24) is 10.2 Å². The average Bonchev–Trinajstić information content (AvgIpc) is 2.69. The highest BCUT2D eigenvalue weighted by atomic mass is 16.5. The van der Waals surface area contributed by atoms with Gasteiger partial charge in [0.15, 0.2) is 11.5 Å². The molecule has 0 radical (unpaired) electrons. The molecule has 2 aromatic carbocycles. The smallest absolute Gasteiger partial charge is 0.161 e. The molecule has 0 aromatic heterocycles. The standard InChI is InChI=1S/C22H30N2O2/c1-24-11-9-17(10-12-24)15-23-16-19-13-21(25-2)22(26-3)14-20(19)18-7-5-4-6-8-18/h4-8,13-14,17,23H,9-12,15-16H2,1-3H3. The molecule has 26 heavy (non-hydrogen) atoms. The highest BCUT2D eigenvalue weighted by molar-refractivity contribution is 5.71. The molecule has 0 bridgehead atoms. The second kappa shape index (κ2) is 9.06. The SMILES string of the molecule is COc1cc(CNCC2CCN(C)CC2)c(-c2ccccc2)cc1OC. The maximum Gasteiger partial charge on any atom is 0.161 e. The first-order valence-electron chi connectivity index (χ1n) is 9.41. The van der Waals surface area contributed by atoms with Gasteiger partial charge in [-0.15, -0.1) is 0 Å². The summed E-state index contributed by atoms with van der Waals surface area (Å²) in [4.78, 5) is 2.42. The highest BCUT2D eigenvalue weighted by Gasteiger charge is 2.17. The van der Waals surface area contributed by atoms with Gasteiger partial charge in [0.1, 0.15) is 0 Å². The van der Waals surface area contributed by atoms with Crippen LogP contribution in [0.3, 0.4) is 0 Å². The highest BCUT2D eigenvalue weighted by Crippen LogP contribution is 2.35. The van der Waals surface area contributed by atoms with Gasteiger partial charge in [0.25, 0.3) is 0 Å². The van der Waals surface area contributed by atoms with Crippen LogP contribution in [0.5, 0.6) is 11.5 Å². The number of piperidine rings is 1. The minimum absolute atomic E-state index is 0.769. The molecule has 0 aliphatic carbocycles. The number of rotatable bonds is 7. The third-order valence-electron chi connectivity index (χ3n) is 5.28. The summed E-state index contributed by atoms with van der Waals surface area (Å²) in [5.41, 5.74) is 3.63. The van der Waals surface area contributed by atoms with Crippen molar-refractivity contribution in [2.45, 2.75) is 19.4 Å². The van der Waals surface area contributed by atoms with Crippen molar-refractivity contribution in [3.05, 3.63) is 48.0 Å². The van der Waals surface area contributed by atoms with Crippen molar-refractivity contribution in [2.75, 3.05) is 40.9 Å². The van der Waals surface area contributed by atoms with Crippen molar-refractivity contribution < 1.29 is 9.47 Å². The monoisotopic (exact) mass is 354 g/mol. The fourth-order valence-electron chi connectivity index (χ4n) is 3.63. The van der Waals surface area contributed by atoms with E-state index in [1.165, 1.54) is 42.6 Å². The van der Waals surface area contributed by atoms with Crippen molar-refractivity contribution in [3.8, 4) is 22.6 Å². The van der Waals surface area contributed by atoms with Crippen molar-refractivity contribution in [1.29, 1.82) is 0 Å². The lowest BCUT2D eigenvalue weighted by Gasteiger charge is -2.29. The Morgan fingerprint density at radius 3 is 2.31 bits per heavy atom. The minimum Gasteiger partial charge on any atom is -0.493 e. The van der Waals surface area contributed by atoms with E-state index in [4.69, 9.17) is 9.47 Å². The van der Waals surface area contributed by atoms with Gasteiger partial charge in [-0.3, -0.25) is 0 Å². The molecule has 3 rings (SSSR count). The van der Waals surface area contributed by atoms with Gasteiger partial charge in [0.05, 0.1) is 14.2 Å². The first-order valence-corrected chi connectivity index (χ1v) is 9.41. The van der Waals surface area contributed by atoms with E-state index in [0.29, 0.717) is 0 Å². The van der Waals surface area contributed by atoms with Gasteiger partial charge < -0.3 is 19.7 Å². The van der Waals surface area contributed by atoms with E-state index in [9.17, 15) is 0 Å². The van der Waals surface area contributed by atoms with Gasteiger partial charge >= 0.3 is 0 Å². The number of methoxy groups -OCH3 is 2. The first-order chi connectivity index (χ1) is 12.7. The normalized spacial score (nSPS) is 15.8. The Morgan fingerprint density at radius 2 is 1.65 bits per heavy atom. The van der Waals surface area contributed by atoms with E-state index >= 15 is 0 Å². The Bertz CT molecular complexity index is 695. The van der Waals surface area contributed by atoms with Crippen molar-refractivity contribution in [3.63, 3.8) is 0 Å². The summed E-state index contributed by atoms with van der Waals surface area (Å²) in [6.45, 7) is 4.31. The van der Waals surface area contributed by atoms with Gasteiger partial charge in [-0.2, -0.15) is 0 Å². The molecule has 1 aliphatic heterocycles. The van der Waals surface area contributed by atoms with Crippen LogP contribution in [0.15, 0.2) is 42.5 Å². The summed E-state index contributed by atoms with van der Waals surface area (Å²) in [6.07, 6.45) is 2.56. The molecule has 140 valence electrons. The molecule has 0 amide bonds. The molecular formula is C22H30N2O2. The van der Waals surface area contributed by atoms with Crippen LogP contribution in [-0.4, -0.2) is 45.8 Å².